The van der Waals surface area contributed by atoms with E-state index in [-0.39, 0.29) is 5.54 Å². The lowest BCUT2D eigenvalue weighted by atomic mass is 10.0. The first-order chi connectivity index (χ1) is 7.04. The minimum Gasteiger partial charge on any atom is -0.329 e. The molecule has 0 atom stereocenters. The van der Waals surface area contributed by atoms with Crippen LogP contribution in [0.25, 0.3) is 0 Å². The van der Waals surface area contributed by atoms with Crippen LogP contribution in [0, 0.1) is 0 Å². The van der Waals surface area contributed by atoms with Crippen LogP contribution in [0.15, 0.2) is 0 Å². The van der Waals surface area contributed by atoms with Crippen molar-refractivity contribution in [3.05, 3.63) is 0 Å². The molecular formula is C11H28N4. The first-order valence-corrected chi connectivity index (χ1v) is 5.87. The van der Waals surface area contributed by atoms with Crippen LogP contribution in [-0.2, 0) is 0 Å². The number of rotatable bonds is 9. The van der Waals surface area contributed by atoms with Crippen molar-refractivity contribution in [1.29, 1.82) is 0 Å². The smallest absolute Gasteiger partial charge is 0.0274 e. The molecule has 92 valence electrons. The van der Waals surface area contributed by atoms with Crippen molar-refractivity contribution in [3.63, 3.8) is 0 Å². The van der Waals surface area contributed by atoms with Crippen molar-refractivity contribution >= 4 is 0 Å². The van der Waals surface area contributed by atoms with E-state index in [9.17, 15) is 0 Å². The molecule has 15 heavy (non-hydrogen) atoms. The highest BCUT2D eigenvalue weighted by Crippen LogP contribution is 2.09. The van der Waals surface area contributed by atoms with E-state index < -0.39 is 0 Å². The molecule has 0 amide bonds. The zero-order chi connectivity index (χ0) is 11.7. The molecule has 0 saturated carbocycles. The van der Waals surface area contributed by atoms with E-state index in [1.165, 1.54) is 0 Å². The molecule has 0 aliphatic carbocycles. The molecule has 0 unspecified atom stereocenters. The highest BCUT2D eigenvalue weighted by molar-refractivity contribution is 4.81. The van der Waals surface area contributed by atoms with Crippen molar-refractivity contribution in [3.8, 4) is 0 Å². The van der Waals surface area contributed by atoms with E-state index in [4.69, 9.17) is 5.73 Å². The van der Waals surface area contributed by atoms with Crippen molar-refractivity contribution in [2.45, 2.75) is 26.3 Å². The number of likely N-dealkylation sites (N-methyl/N-ethyl adjacent to an activating group) is 1. The summed E-state index contributed by atoms with van der Waals surface area (Å²) in [6.45, 7) is 12.4. The zero-order valence-electron chi connectivity index (χ0n) is 10.8. The Bertz CT molecular complexity index is 148. The van der Waals surface area contributed by atoms with Crippen LogP contribution in [0.4, 0.5) is 0 Å². The Hall–Kier alpha value is -0.160. The molecule has 4 heteroatoms. The molecule has 0 saturated heterocycles. The Labute approximate surface area is 94.6 Å². The van der Waals surface area contributed by atoms with Gasteiger partial charge in [-0.3, -0.25) is 0 Å². The normalized spacial score (nSPS) is 12.4. The van der Waals surface area contributed by atoms with E-state index in [1.54, 1.807) is 0 Å². The average Bonchev–Trinajstić information content (AvgIpc) is 2.22. The van der Waals surface area contributed by atoms with Crippen LogP contribution in [0.1, 0.15) is 20.8 Å². The van der Waals surface area contributed by atoms with Gasteiger partial charge in [-0.25, -0.2) is 0 Å². The quantitative estimate of drug-likeness (QED) is 0.469. The third-order valence-corrected chi connectivity index (χ3v) is 2.86. The Morgan fingerprint density at radius 3 is 2.27 bits per heavy atom. The first-order valence-electron chi connectivity index (χ1n) is 5.87. The van der Waals surface area contributed by atoms with Gasteiger partial charge in [0.05, 0.1) is 0 Å². The predicted molar refractivity (Wildman–Crippen MR) is 67.2 cm³/mol. The molecule has 0 aromatic carbocycles. The Morgan fingerprint density at radius 2 is 1.73 bits per heavy atom. The molecule has 0 spiro atoms. The minimum atomic E-state index is 0.225. The highest BCUT2D eigenvalue weighted by Gasteiger charge is 2.20. The highest BCUT2D eigenvalue weighted by atomic mass is 15.2. The SMILES string of the molecule is CCN(C)C(C)(C)CNCCNCCN. The fourth-order valence-corrected chi connectivity index (χ4v) is 1.36. The third-order valence-electron chi connectivity index (χ3n) is 2.86. The van der Waals surface area contributed by atoms with E-state index in [0.29, 0.717) is 6.54 Å². The van der Waals surface area contributed by atoms with Gasteiger partial charge in [-0.2, -0.15) is 0 Å². The lowest BCUT2D eigenvalue weighted by Crippen LogP contribution is -2.49. The molecule has 4 nitrogen and oxygen atoms in total. The van der Waals surface area contributed by atoms with Crippen LogP contribution < -0.4 is 16.4 Å². The van der Waals surface area contributed by atoms with Crippen LogP contribution in [0.3, 0.4) is 0 Å². The van der Waals surface area contributed by atoms with Crippen LogP contribution in [0.5, 0.6) is 0 Å². The molecular weight excluding hydrogens is 188 g/mol. The van der Waals surface area contributed by atoms with Gasteiger partial charge in [-0.1, -0.05) is 6.92 Å². The maximum atomic E-state index is 5.38. The van der Waals surface area contributed by atoms with Gasteiger partial charge >= 0.3 is 0 Å². The van der Waals surface area contributed by atoms with Gasteiger partial charge in [0.15, 0.2) is 0 Å². The van der Waals surface area contributed by atoms with Gasteiger partial charge in [0.2, 0.25) is 0 Å². The number of nitrogens with zero attached hydrogens (tertiary/aromatic N) is 1. The second kappa shape index (κ2) is 8.05. The zero-order valence-corrected chi connectivity index (χ0v) is 10.8. The standard InChI is InChI=1S/C11H28N4/c1-5-15(4)11(2,3)10-14-9-8-13-7-6-12/h13-14H,5-10,12H2,1-4H3. The number of hydrogen-bond donors (Lipinski definition) is 3. The molecule has 0 aliphatic heterocycles. The second-order valence-electron chi connectivity index (χ2n) is 4.54. The second-order valence-corrected chi connectivity index (χ2v) is 4.54. The van der Waals surface area contributed by atoms with Crippen molar-refractivity contribution < 1.29 is 0 Å². The number of hydrogen-bond acceptors (Lipinski definition) is 4. The third kappa shape index (κ3) is 6.84. The number of nitrogens with two attached hydrogens (primary N) is 1. The van der Waals surface area contributed by atoms with Crippen LogP contribution >= 0.6 is 0 Å². The molecule has 0 aliphatic rings. The van der Waals surface area contributed by atoms with Gasteiger partial charge < -0.3 is 21.3 Å². The lowest BCUT2D eigenvalue weighted by Gasteiger charge is -2.35. The van der Waals surface area contributed by atoms with Gasteiger partial charge in [0.25, 0.3) is 0 Å². The Morgan fingerprint density at radius 1 is 1.13 bits per heavy atom. The van der Waals surface area contributed by atoms with Gasteiger partial charge in [0.1, 0.15) is 0 Å². The fraction of sp³-hybridized carbons (Fsp3) is 1.00. The molecule has 0 bridgehead atoms. The Balaban J connectivity index is 3.48. The summed E-state index contributed by atoms with van der Waals surface area (Å²) in [5.74, 6) is 0. The van der Waals surface area contributed by atoms with E-state index in [1.807, 2.05) is 0 Å². The summed E-state index contributed by atoms with van der Waals surface area (Å²) in [7, 11) is 2.16. The topological polar surface area (TPSA) is 53.3 Å². The summed E-state index contributed by atoms with van der Waals surface area (Å²) in [6, 6.07) is 0. The largest absolute Gasteiger partial charge is 0.329 e. The monoisotopic (exact) mass is 216 g/mol. The van der Waals surface area contributed by atoms with E-state index in [0.717, 1.165) is 32.7 Å². The number of nitrogens with one attached hydrogen (secondary N) is 2. The maximum Gasteiger partial charge on any atom is 0.0274 e. The molecule has 0 heterocycles. The molecule has 0 rings (SSSR count). The predicted octanol–water partition coefficient (Wildman–Crippen LogP) is -0.145. The van der Waals surface area contributed by atoms with Crippen molar-refractivity contribution in [2.75, 3.05) is 46.3 Å². The van der Waals surface area contributed by atoms with Crippen molar-refractivity contribution in [1.82, 2.24) is 15.5 Å². The van der Waals surface area contributed by atoms with Crippen molar-refractivity contribution in [2.24, 2.45) is 5.73 Å². The maximum absolute atomic E-state index is 5.38. The molecule has 4 N–H and O–H groups in total. The summed E-state index contributed by atoms with van der Waals surface area (Å²) in [4.78, 5) is 2.35. The first kappa shape index (κ1) is 14.8. The van der Waals surface area contributed by atoms with Crippen LogP contribution in [0.2, 0.25) is 0 Å². The summed E-state index contributed by atoms with van der Waals surface area (Å²) in [5.41, 5.74) is 5.61. The van der Waals surface area contributed by atoms with E-state index >= 15 is 0 Å². The molecule has 0 fully saturated rings. The van der Waals surface area contributed by atoms with Crippen LogP contribution in [-0.4, -0.2) is 56.8 Å². The summed E-state index contributed by atoms with van der Waals surface area (Å²) < 4.78 is 0. The summed E-state index contributed by atoms with van der Waals surface area (Å²) in [6.07, 6.45) is 0. The van der Waals surface area contributed by atoms with Gasteiger partial charge in [-0.05, 0) is 27.4 Å². The van der Waals surface area contributed by atoms with Gasteiger partial charge in [0, 0.05) is 38.3 Å². The minimum absolute atomic E-state index is 0.225. The molecule has 0 radical (unpaired) electrons. The Kier molecular flexibility index (Phi) is 7.96. The fourth-order valence-electron chi connectivity index (χ4n) is 1.36. The average molecular weight is 216 g/mol. The lowest BCUT2D eigenvalue weighted by molar-refractivity contribution is 0.161. The molecule has 0 aromatic rings. The summed E-state index contributed by atoms with van der Waals surface area (Å²) in [5, 5.41) is 6.72. The molecule has 0 aromatic heterocycles. The van der Waals surface area contributed by atoms with E-state index in [2.05, 4.69) is 43.4 Å². The van der Waals surface area contributed by atoms with Gasteiger partial charge in [-0.15, -0.1) is 0 Å². The summed E-state index contributed by atoms with van der Waals surface area (Å²) >= 11 is 0.